The number of alkyl halides is 6. The average Bonchev–Trinajstić information content (AvgIpc) is 3.70. The van der Waals surface area contributed by atoms with Gasteiger partial charge in [0.05, 0.1) is 30.0 Å². The van der Waals surface area contributed by atoms with E-state index in [0.717, 1.165) is 41.2 Å². The summed E-state index contributed by atoms with van der Waals surface area (Å²) in [5.74, 6) is -10.9. The predicted octanol–water partition coefficient (Wildman–Crippen LogP) is 4.47. The Labute approximate surface area is 427 Å². The Morgan fingerprint density at radius 1 is 0.797 bits per heavy atom. The summed E-state index contributed by atoms with van der Waals surface area (Å²) in [6.45, 7) is 6.79. The standard InChI is InChI=1S/C41H55F2N7O8S2.2C2HF3O2/c1-41(2,3)38(32-18-27(29-19-28(42)10-11-30(29)43)23-49(32)22-26-8-5-4-6-9-26)50(16-7-13-44)36(53)25-59-17-12-34(51)46-14-15-47-35(52)21-48-39(56)33(20-37(54)55)60-24-31(45)40(57)58;2*3-2(4,5)1(6)7/h4-6,8-11,18-19,23,31,33,38H,7,12-17,20-22,24-25,44-45H2,1-3H3,(H,46,51)(H,47,52)(H,48,56)(H,54,55)(H,57,58);2*(H,6,7)/t31-,33?,38-;;/m0../s1. The third-order valence-corrected chi connectivity index (χ3v) is 11.8. The monoisotopic (exact) mass is 1100 g/mol. The average molecular weight is 1100 g/mol. The van der Waals surface area contributed by atoms with Crippen molar-refractivity contribution in [3.05, 3.63) is 83.7 Å². The van der Waals surface area contributed by atoms with Crippen molar-refractivity contribution in [1.82, 2.24) is 25.4 Å². The van der Waals surface area contributed by atoms with E-state index >= 15 is 4.39 Å². The van der Waals surface area contributed by atoms with E-state index in [1.54, 1.807) is 11.1 Å². The number of carbonyl (C=O) groups excluding carboxylic acids is 4. The molecule has 0 bridgehead atoms. The lowest BCUT2D eigenvalue weighted by molar-refractivity contribution is -0.193. The Morgan fingerprint density at radius 3 is 1.88 bits per heavy atom. The van der Waals surface area contributed by atoms with Crippen LogP contribution in [0.1, 0.15) is 57.3 Å². The molecule has 3 rings (SSSR count). The van der Waals surface area contributed by atoms with Gasteiger partial charge < -0.3 is 57.3 Å². The summed E-state index contributed by atoms with van der Waals surface area (Å²) < 4.78 is 94.9. The lowest BCUT2D eigenvalue weighted by Crippen LogP contribution is -2.44. The molecule has 1 aromatic heterocycles. The van der Waals surface area contributed by atoms with Gasteiger partial charge in [0.15, 0.2) is 0 Å². The molecule has 0 aliphatic carbocycles. The van der Waals surface area contributed by atoms with Gasteiger partial charge in [0.2, 0.25) is 23.6 Å². The number of nitrogens with two attached hydrogens (primary N) is 2. The SMILES string of the molecule is CC(C)(C)[C@H](c1cc(-c2cc(F)ccc2F)cn1Cc1ccccc1)N(CCCN)C(=O)CSCCC(=O)NCCNC(=O)CNC(=O)C(CC(=O)O)SC[C@H](N)C(=O)O.O=C(O)C(F)(F)F.O=C(O)C(F)(F)F. The molecule has 74 heavy (non-hydrogen) atoms. The van der Waals surface area contributed by atoms with Crippen molar-refractivity contribution in [3.63, 3.8) is 0 Å². The van der Waals surface area contributed by atoms with E-state index in [9.17, 15) is 59.5 Å². The van der Waals surface area contributed by atoms with Crippen LogP contribution in [-0.4, -0.2) is 151 Å². The van der Waals surface area contributed by atoms with Gasteiger partial charge in [-0.25, -0.2) is 18.4 Å². The first kappa shape index (κ1) is 65.6. The summed E-state index contributed by atoms with van der Waals surface area (Å²) in [7, 11) is 0. The highest BCUT2D eigenvalue weighted by atomic mass is 32.2. The molecule has 0 saturated heterocycles. The fourth-order valence-corrected chi connectivity index (χ4v) is 8.08. The van der Waals surface area contributed by atoms with Crippen LogP contribution in [0.3, 0.4) is 0 Å². The van der Waals surface area contributed by atoms with E-state index in [2.05, 4.69) is 16.0 Å². The Morgan fingerprint density at radius 2 is 1.36 bits per heavy atom. The summed E-state index contributed by atoms with van der Waals surface area (Å²) >= 11 is 2.05. The van der Waals surface area contributed by atoms with Crippen molar-refractivity contribution in [3.8, 4) is 11.1 Å². The van der Waals surface area contributed by atoms with E-state index in [4.69, 9.17) is 41.5 Å². The normalized spacial score (nSPS) is 12.6. The van der Waals surface area contributed by atoms with Crippen molar-refractivity contribution in [1.29, 1.82) is 0 Å². The highest BCUT2D eigenvalue weighted by Gasteiger charge is 2.39. The number of benzene rings is 2. The lowest BCUT2D eigenvalue weighted by atomic mass is 9.83. The maximum atomic E-state index is 15.1. The summed E-state index contributed by atoms with van der Waals surface area (Å²) in [5, 5.41) is 38.6. The highest BCUT2D eigenvalue weighted by Crippen LogP contribution is 2.41. The molecular weight excluding hydrogens is 1050 g/mol. The summed E-state index contributed by atoms with van der Waals surface area (Å²) in [6, 6.07) is 13.0. The number of nitrogens with zero attached hydrogens (tertiary/aromatic N) is 2. The van der Waals surface area contributed by atoms with E-state index < -0.39 is 95.4 Å². The van der Waals surface area contributed by atoms with Crippen molar-refractivity contribution in [2.45, 2.75) is 76.3 Å². The number of thioether (sulfide) groups is 2. The number of aromatic nitrogens is 1. The molecule has 0 aliphatic heterocycles. The van der Waals surface area contributed by atoms with Crippen LogP contribution in [0, 0.1) is 17.0 Å². The molecule has 3 atom stereocenters. The van der Waals surface area contributed by atoms with Gasteiger partial charge in [-0.1, -0.05) is 51.1 Å². The zero-order valence-electron chi connectivity index (χ0n) is 39.9. The van der Waals surface area contributed by atoms with Gasteiger partial charge in [0, 0.05) is 67.1 Å². The fourth-order valence-electron chi connectivity index (χ4n) is 6.19. The number of rotatable bonds is 25. The first-order chi connectivity index (χ1) is 34.3. The molecule has 1 heterocycles. The number of halogens is 8. The van der Waals surface area contributed by atoms with Crippen LogP contribution in [0.4, 0.5) is 35.1 Å². The third-order valence-electron chi connectivity index (χ3n) is 9.52. The highest BCUT2D eigenvalue weighted by molar-refractivity contribution is 8.00. The molecule has 1 unspecified atom stereocenters. The minimum atomic E-state index is -5.08. The maximum absolute atomic E-state index is 15.1. The van der Waals surface area contributed by atoms with Gasteiger partial charge in [0.1, 0.15) is 17.7 Å². The van der Waals surface area contributed by atoms with E-state index in [1.165, 1.54) is 11.8 Å². The van der Waals surface area contributed by atoms with Crippen LogP contribution in [0.5, 0.6) is 0 Å². The van der Waals surface area contributed by atoms with Gasteiger partial charge in [-0.15, -0.1) is 11.8 Å². The number of carboxylic acids is 4. The van der Waals surface area contributed by atoms with Gasteiger partial charge in [-0.05, 0) is 48.2 Å². The molecule has 3 aromatic rings. The molecule has 29 heteroatoms. The number of carboxylic acid groups (broad SMARTS) is 4. The zero-order chi connectivity index (χ0) is 56.6. The molecule has 4 amide bonds. The van der Waals surface area contributed by atoms with Crippen LogP contribution in [0.25, 0.3) is 11.1 Å². The number of aliphatic carboxylic acids is 4. The smallest absolute Gasteiger partial charge is 0.481 e. The fraction of sp³-hybridized carbons (Fsp3) is 0.467. The number of nitrogens with one attached hydrogen (secondary N) is 3. The molecule has 11 N–H and O–H groups in total. The molecule has 2 aromatic carbocycles. The Balaban J connectivity index is 0.00000170. The predicted molar refractivity (Wildman–Crippen MR) is 255 cm³/mol. The molecular formula is C45H57F8N7O12S2. The van der Waals surface area contributed by atoms with Crippen LogP contribution < -0.4 is 27.4 Å². The van der Waals surface area contributed by atoms with Crippen LogP contribution in [-0.2, 0) is 44.9 Å². The second kappa shape index (κ2) is 31.3. The molecule has 19 nitrogen and oxygen atoms in total. The van der Waals surface area contributed by atoms with Crippen LogP contribution in [0.15, 0.2) is 60.8 Å². The van der Waals surface area contributed by atoms with Crippen molar-refractivity contribution >= 4 is 71.0 Å². The topological polar surface area (TPSA) is 314 Å². The number of amides is 4. The van der Waals surface area contributed by atoms with Gasteiger partial charge in [0.25, 0.3) is 0 Å². The van der Waals surface area contributed by atoms with Gasteiger partial charge in [-0.2, -0.15) is 38.1 Å². The second-order valence-corrected chi connectivity index (χ2v) is 18.9. The lowest BCUT2D eigenvalue weighted by Gasteiger charge is -2.41. The zero-order valence-corrected chi connectivity index (χ0v) is 41.6. The van der Waals surface area contributed by atoms with Crippen molar-refractivity contribution in [2.75, 3.05) is 50.0 Å². The molecule has 412 valence electrons. The first-order valence-electron chi connectivity index (χ1n) is 21.8. The summed E-state index contributed by atoms with van der Waals surface area (Å²) in [6.07, 6.45) is -8.37. The minimum absolute atomic E-state index is 0.0384. The van der Waals surface area contributed by atoms with Crippen LogP contribution >= 0.6 is 23.5 Å². The molecule has 0 fully saturated rings. The molecule has 0 saturated carbocycles. The van der Waals surface area contributed by atoms with Crippen molar-refractivity contribution in [2.24, 2.45) is 16.9 Å². The van der Waals surface area contributed by atoms with Crippen LogP contribution in [0.2, 0.25) is 0 Å². The number of hydrogen-bond donors (Lipinski definition) is 9. The third kappa shape index (κ3) is 25.0. The molecule has 0 radical (unpaired) electrons. The maximum Gasteiger partial charge on any atom is 0.490 e. The number of carbonyl (C=O) groups is 8. The van der Waals surface area contributed by atoms with E-state index in [1.807, 2.05) is 61.7 Å². The minimum Gasteiger partial charge on any atom is -0.481 e. The quantitative estimate of drug-likeness (QED) is 0.0417. The number of hydrogen-bond acceptors (Lipinski definition) is 12. The van der Waals surface area contributed by atoms with E-state index in [-0.39, 0.29) is 48.4 Å². The Kier molecular flexibility index (Phi) is 27.7. The van der Waals surface area contributed by atoms with E-state index in [0.29, 0.717) is 37.4 Å². The van der Waals surface area contributed by atoms with Crippen molar-refractivity contribution < 1.29 is 93.9 Å². The Hall–Kier alpha value is -6.46. The molecule has 0 spiro atoms. The largest absolute Gasteiger partial charge is 0.490 e. The Bertz CT molecular complexity index is 2330. The van der Waals surface area contributed by atoms with Gasteiger partial charge in [-0.3, -0.25) is 28.8 Å². The summed E-state index contributed by atoms with van der Waals surface area (Å²) in [4.78, 5) is 93.0. The van der Waals surface area contributed by atoms with Gasteiger partial charge >= 0.3 is 36.2 Å². The first-order valence-corrected chi connectivity index (χ1v) is 24.0. The second-order valence-electron chi connectivity index (χ2n) is 16.6. The molecule has 0 aliphatic rings. The summed E-state index contributed by atoms with van der Waals surface area (Å²) in [5.41, 5.74) is 13.1.